The van der Waals surface area contributed by atoms with E-state index in [1.54, 1.807) is 48.4 Å². The van der Waals surface area contributed by atoms with E-state index in [9.17, 15) is 9.59 Å². The molecule has 1 unspecified atom stereocenters. The van der Waals surface area contributed by atoms with Crippen molar-refractivity contribution >= 4 is 41.3 Å². The number of aliphatic imine (C=N–C) groups is 1. The Kier molecular flexibility index (Phi) is 6.49. The number of carbonyl (C=O) groups is 2. The third-order valence-corrected chi connectivity index (χ3v) is 4.43. The fourth-order valence-corrected chi connectivity index (χ4v) is 2.95. The van der Waals surface area contributed by atoms with E-state index >= 15 is 0 Å². The number of benzene rings is 1. The van der Waals surface area contributed by atoms with Gasteiger partial charge in [-0.2, -0.15) is 0 Å². The lowest BCUT2D eigenvalue weighted by atomic mass is 10.1. The minimum absolute atomic E-state index is 0.0371. The van der Waals surface area contributed by atoms with Crippen LogP contribution in [0.1, 0.15) is 23.7 Å². The molecule has 1 aliphatic heterocycles. The lowest BCUT2D eigenvalue weighted by Gasteiger charge is -2.16. The average Bonchev–Trinajstić information content (AvgIpc) is 3.17. The quantitative estimate of drug-likeness (QED) is 0.617. The second kappa shape index (κ2) is 9.23. The molecule has 1 aromatic carbocycles. The number of halogens is 1. The maximum absolute atomic E-state index is 12.7. The van der Waals surface area contributed by atoms with Gasteiger partial charge >= 0.3 is 0 Å². The topological polar surface area (TPSA) is 87.5 Å². The summed E-state index contributed by atoms with van der Waals surface area (Å²) in [5.74, 6) is 0.269. The number of nitrogens with one attached hydrogen (secondary N) is 1. The lowest BCUT2D eigenvalue weighted by Crippen LogP contribution is -2.28. The number of hydrogen-bond donors (Lipinski definition) is 1. The number of nitrogens with zero attached hydrogens (tertiary/aromatic N) is 4. The predicted molar refractivity (Wildman–Crippen MR) is 109 cm³/mol. The first-order valence-corrected chi connectivity index (χ1v) is 9.27. The molecule has 0 aliphatic carbocycles. The normalized spacial score (nSPS) is 16.8. The Labute approximate surface area is 168 Å². The molecule has 0 bridgehead atoms. The maximum Gasteiger partial charge on any atom is 0.253 e. The molecule has 1 atom stereocenters. The molecule has 0 saturated carbocycles. The third kappa shape index (κ3) is 5.23. The van der Waals surface area contributed by atoms with E-state index in [0.717, 1.165) is 6.42 Å². The van der Waals surface area contributed by atoms with Crippen molar-refractivity contribution in [3.05, 3.63) is 59.4 Å². The highest BCUT2D eigenvalue weighted by atomic mass is 35.5. The highest BCUT2D eigenvalue weighted by Gasteiger charge is 2.26. The molecule has 2 aromatic rings. The highest BCUT2D eigenvalue weighted by Crippen LogP contribution is 2.19. The number of carbonyl (C=O) groups excluding carboxylic acids is 2. The van der Waals surface area contributed by atoms with Crippen LogP contribution in [0.3, 0.4) is 0 Å². The van der Waals surface area contributed by atoms with Gasteiger partial charge < -0.3 is 10.2 Å². The van der Waals surface area contributed by atoms with Gasteiger partial charge in [0.2, 0.25) is 11.9 Å². The summed E-state index contributed by atoms with van der Waals surface area (Å²) in [6, 6.07) is 6.89. The van der Waals surface area contributed by atoms with Crippen LogP contribution in [0, 0.1) is 5.92 Å². The molecular formula is C20H20ClN5O2. The Balaban J connectivity index is 1.56. The Morgan fingerprint density at radius 3 is 2.64 bits per heavy atom. The Morgan fingerprint density at radius 1 is 1.25 bits per heavy atom. The van der Waals surface area contributed by atoms with Gasteiger partial charge in [-0.1, -0.05) is 17.7 Å². The molecule has 28 heavy (non-hydrogen) atoms. The number of hydrogen-bond acceptors (Lipinski definition) is 5. The number of amides is 2. The van der Waals surface area contributed by atoms with Crippen molar-refractivity contribution in [3.63, 3.8) is 0 Å². The van der Waals surface area contributed by atoms with Crippen LogP contribution in [0.25, 0.3) is 0 Å². The summed E-state index contributed by atoms with van der Waals surface area (Å²) in [4.78, 5) is 38.4. The van der Waals surface area contributed by atoms with Crippen molar-refractivity contribution in [2.45, 2.75) is 13.3 Å². The summed E-state index contributed by atoms with van der Waals surface area (Å²) < 4.78 is 0. The Bertz CT molecular complexity index is 894. The second-order valence-electron chi connectivity index (χ2n) is 6.35. The van der Waals surface area contributed by atoms with Crippen molar-refractivity contribution < 1.29 is 9.59 Å². The highest BCUT2D eigenvalue weighted by molar-refractivity contribution is 6.30. The van der Waals surface area contributed by atoms with E-state index in [1.165, 1.54) is 18.5 Å². The van der Waals surface area contributed by atoms with Crippen molar-refractivity contribution in [1.82, 2.24) is 14.9 Å². The molecule has 7 nitrogen and oxygen atoms in total. The minimum atomic E-state index is -0.201. The number of likely N-dealkylation sites (tertiary alicyclic amines) is 1. The van der Waals surface area contributed by atoms with Gasteiger partial charge in [0.05, 0.1) is 17.4 Å². The van der Waals surface area contributed by atoms with Gasteiger partial charge in [-0.25, -0.2) is 15.0 Å². The predicted octanol–water partition coefficient (Wildman–Crippen LogP) is 3.51. The Hall–Kier alpha value is -3.06. The van der Waals surface area contributed by atoms with E-state index in [0.29, 0.717) is 35.3 Å². The van der Waals surface area contributed by atoms with Crippen molar-refractivity contribution in [3.8, 4) is 0 Å². The largest absolute Gasteiger partial charge is 0.338 e. The molecule has 2 amide bonds. The van der Waals surface area contributed by atoms with Gasteiger partial charge in [0.15, 0.2) is 0 Å². The summed E-state index contributed by atoms with van der Waals surface area (Å²) in [6.45, 7) is 3.03. The molecule has 1 saturated heterocycles. The first-order valence-electron chi connectivity index (χ1n) is 8.90. The number of aromatic nitrogens is 2. The first-order chi connectivity index (χ1) is 13.5. The number of allylic oxidation sites excluding steroid dienone is 1. The van der Waals surface area contributed by atoms with Gasteiger partial charge in [-0.05, 0) is 43.7 Å². The van der Waals surface area contributed by atoms with Crippen molar-refractivity contribution in [2.75, 3.05) is 18.4 Å². The molecule has 1 aromatic heterocycles. The van der Waals surface area contributed by atoms with Crippen LogP contribution in [0.15, 0.2) is 53.8 Å². The Morgan fingerprint density at radius 2 is 1.96 bits per heavy atom. The number of rotatable bonds is 5. The fraction of sp³-hybridized carbons (Fsp3) is 0.250. The zero-order valence-corrected chi connectivity index (χ0v) is 16.1. The van der Waals surface area contributed by atoms with Crippen molar-refractivity contribution in [1.29, 1.82) is 0 Å². The maximum atomic E-state index is 12.7. The van der Waals surface area contributed by atoms with Gasteiger partial charge in [-0.3, -0.25) is 9.59 Å². The van der Waals surface area contributed by atoms with Crippen LogP contribution < -0.4 is 5.32 Å². The molecule has 0 spiro atoms. The van der Waals surface area contributed by atoms with E-state index in [4.69, 9.17) is 11.6 Å². The van der Waals surface area contributed by atoms with Crippen LogP contribution in [0.4, 0.5) is 11.6 Å². The smallest absolute Gasteiger partial charge is 0.253 e. The zero-order chi connectivity index (χ0) is 19.9. The first kappa shape index (κ1) is 19.7. The molecule has 1 aliphatic rings. The van der Waals surface area contributed by atoms with E-state index in [2.05, 4.69) is 20.3 Å². The van der Waals surface area contributed by atoms with Crippen molar-refractivity contribution in [2.24, 2.45) is 10.9 Å². The van der Waals surface area contributed by atoms with E-state index < -0.39 is 0 Å². The summed E-state index contributed by atoms with van der Waals surface area (Å²) in [6.07, 6.45) is 8.73. The molecule has 1 N–H and O–H groups in total. The molecule has 1 fully saturated rings. The summed E-state index contributed by atoms with van der Waals surface area (Å²) >= 11 is 5.76. The monoisotopic (exact) mass is 397 g/mol. The van der Waals surface area contributed by atoms with Gasteiger partial charge in [0, 0.05) is 36.5 Å². The third-order valence-electron chi connectivity index (χ3n) is 4.24. The van der Waals surface area contributed by atoms with Crippen LogP contribution in [0.2, 0.25) is 5.02 Å². The zero-order valence-electron chi connectivity index (χ0n) is 15.4. The molecule has 0 radical (unpaired) electrons. The molecule has 144 valence electrons. The van der Waals surface area contributed by atoms with E-state index in [-0.39, 0.29) is 17.7 Å². The molecular weight excluding hydrogens is 378 g/mol. The van der Waals surface area contributed by atoms with Crippen LogP contribution in [-0.2, 0) is 4.79 Å². The van der Waals surface area contributed by atoms with Gasteiger partial charge in [-0.15, -0.1) is 0 Å². The van der Waals surface area contributed by atoms with E-state index in [1.807, 2.05) is 0 Å². The van der Waals surface area contributed by atoms with Crippen LogP contribution >= 0.6 is 11.6 Å². The minimum Gasteiger partial charge on any atom is -0.338 e. The summed E-state index contributed by atoms with van der Waals surface area (Å²) in [5, 5.41) is 3.20. The molecule has 3 rings (SSSR count). The van der Waals surface area contributed by atoms with Gasteiger partial charge in [0.25, 0.3) is 5.91 Å². The summed E-state index contributed by atoms with van der Waals surface area (Å²) in [5.41, 5.74) is 1.23. The van der Waals surface area contributed by atoms with Crippen LogP contribution in [-0.4, -0.2) is 46.0 Å². The molecule has 8 heteroatoms. The van der Waals surface area contributed by atoms with Crippen LogP contribution in [0.5, 0.6) is 0 Å². The lowest BCUT2D eigenvalue weighted by molar-refractivity contribution is -0.111. The SMILES string of the molecule is C/C=C/C(=O)Nc1ccc(C(=O)N2CCC(C=Nc3ncc(Cl)cn3)C2)cc1. The molecule has 2 heterocycles. The number of anilines is 1. The standard InChI is InChI=1S/C20H20ClN5O2/c1-2-3-18(27)25-17-6-4-15(5-7-17)19(28)26-9-8-14(13-26)10-22-20-23-11-16(21)12-24-20/h2-7,10-12,14H,8-9,13H2,1H3,(H,25,27)/b3-2+,22-10?. The second-order valence-corrected chi connectivity index (χ2v) is 6.78. The average molecular weight is 398 g/mol. The summed E-state index contributed by atoms with van der Waals surface area (Å²) in [7, 11) is 0. The van der Waals surface area contributed by atoms with Gasteiger partial charge in [0.1, 0.15) is 0 Å². The fourth-order valence-electron chi connectivity index (χ4n) is 2.85.